The van der Waals surface area contributed by atoms with Gasteiger partial charge in [-0.3, -0.25) is 9.59 Å². The predicted octanol–water partition coefficient (Wildman–Crippen LogP) is 1.72. The maximum Gasteiger partial charge on any atom is 0.320 e. The summed E-state index contributed by atoms with van der Waals surface area (Å²) in [5, 5.41) is 9.09. The van der Waals surface area contributed by atoms with E-state index in [2.05, 4.69) is 0 Å². The van der Waals surface area contributed by atoms with E-state index in [1.165, 1.54) is 11.8 Å². The van der Waals surface area contributed by atoms with Gasteiger partial charge in [0.25, 0.3) is 0 Å². The first kappa shape index (κ1) is 12.0. The summed E-state index contributed by atoms with van der Waals surface area (Å²) >= 11 is 1.47. The summed E-state index contributed by atoms with van der Waals surface area (Å²) in [6.45, 7) is 0. The molecule has 2 aliphatic rings. The van der Waals surface area contributed by atoms with E-state index >= 15 is 0 Å². The molecule has 0 fully saturated rings. The molecule has 5 heteroatoms. The van der Waals surface area contributed by atoms with E-state index in [1.54, 1.807) is 6.08 Å². The van der Waals surface area contributed by atoms with Gasteiger partial charge in [-0.25, -0.2) is 0 Å². The topological polar surface area (TPSA) is 80.4 Å². The van der Waals surface area contributed by atoms with E-state index in [1.807, 2.05) is 24.3 Å². The third kappa shape index (κ3) is 1.86. The fourth-order valence-corrected chi connectivity index (χ4v) is 3.49. The van der Waals surface area contributed by atoms with E-state index in [9.17, 15) is 9.59 Å². The van der Waals surface area contributed by atoms with Gasteiger partial charge in [-0.05, 0) is 17.7 Å². The van der Waals surface area contributed by atoms with Crippen molar-refractivity contribution in [2.45, 2.75) is 11.3 Å². The highest BCUT2D eigenvalue weighted by atomic mass is 32.2. The van der Waals surface area contributed by atoms with E-state index < -0.39 is 11.9 Å². The lowest BCUT2D eigenvalue weighted by molar-refractivity contribution is -0.143. The Balaban J connectivity index is 2.05. The molecule has 3 N–H and O–H groups in total. The Morgan fingerprint density at radius 3 is 2.84 bits per heavy atom. The monoisotopic (exact) mass is 273 g/mol. The predicted molar refractivity (Wildman–Crippen MR) is 71.4 cm³/mol. The third-order valence-electron chi connectivity index (χ3n) is 3.29. The molecule has 1 aliphatic heterocycles. The van der Waals surface area contributed by atoms with Crippen LogP contribution in [-0.4, -0.2) is 16.9 Å². The average molecular weight is 273 g/mol. The fourth-order valence-electron chi connectivity index (χ4n) is 2.35. The highest BCUT2D eigenvalue weighted by Crippen LogP contribution is 2.42. The molecule has 0 saturated heterocycles. The van der Waals surface area contributed by atoms with Gasteiger partial charge in [-0.1, -0.05) is 30.0 Å². The number of hydrogen-bond acceptors (Lipinski definition) is 4. The normalized spacial score (nSPS) is 21.6. The molecule has 0 spiro atoms. The second-order valence-corrected chi connectivity index (χ2v) is 5.59. The third-order valence-corrected chi connectivity index (χ3v) is 4.50. The number of nitrogens with two attached hydrogens (primary N) is 1. The Bertz CT molecular complexity index is 660. The molecule has 0 bridgehead atoms. The van der Waals surface area contributed by atoms with Crippen LogP contribution in [-0.2, 0) is 16.0 Å². The first-order chi connectivity index (χ1) is 9.08. The van der Waals surface area contributed by atoms with Crippen molar-refractivity contribution in [2.75, 3.05) is 0 Å². The molecule has 1 heterocycles. The summed E-state index contributed by atoms with van der Waals surface area (Å²) in [4.78, 5) is 25.2. The van der Waals surface area contributed by atoms with Gasteiger partial charge in [-0.15, -0.1) is 0 Å². The second kappa shape index (κ2) is 4.28. The molecule has 3 rings (SSSR count). The van der Waals surface area contributed by atoms with Crippen LogP contribution >= 0.6 is 11.8 Å². The number of benzene rings is 1. The Morgan fingerprint density at radius 1 is 1.37 bits per heavy atom. The van der Waals surface area contributed by atoms with Crippen molar-refractivity contribution >= 4 is 23.5 Å². The number of carboxylic acids is 1. The Kier molecular flexibility index (Phi) is 2.71. The molecule has 0 saturated carbocycles. The number of carbonyl (C=O) groups excluding carboxylic acids is 1. The fraction of sp³-hybridized carbons (Fsp3) is 0.143. The Labute approximate surface area is 114 Å². The van der Waals surface area contributed by atoms with E-state index in [-0.39, 0.29) is 11.5 Å². The van der Waals surface area contributed by atoms with E-state index in [4.69, 9.17) is 10.8 Å². The van der Waals surface area contributed by atoms with Crippen LogP contribution in [0.4, 0.5) is 0 Å². The van der Waals surface area contributed by atoms with Gasteiger partial charge in [0.1, 0.15) is 0 Å². The van der Waals surface area contributed by atoms with Crippen LogP contribution in [0.25, 0.3) is 0 Å². The molecule has 0 amide bonds. The number of carbonyl (C=O) groups is 2. The van der Waals surface area contributed by atoms with Gasteiger partial charge < -0.3 is 10.8 Å². The van der Waals surface area contributed by atoms with Crippen LogP contribution in [0.1, 0.15) is 5.56 Å². The number of hydrogen-bond donors (Lipinski definition) is 2. The maximum atomic E-state index is 12.2. The van der Waals surface area contributed by atoms with Crippen LogP contribution in [0.5, 0.6) is 0 Å². The molecule has 1 aromatic rings. The van der Waals surface area contributed by atoms with Crippen LogP contribution in [0.15, 0.2) is 51.4 Å². The van der Waals surface area contributed by atoms with Crippen molar-refractivity contribution in [3.63, 3.8) is 0 Å². The standard InChI is InChI=1S/C14H11NO3S/c15-9-6-11-8(13(16)12(9)14(17)18)5-7-3-1-2-4-10(7)19-11/h1-4,6,12H,5,15H2,(H,17,18). The Morgan fingerprint density at radius 2 is 2.11 bits per heavy atom. The van der Waals surface area contributed by atoms with Crippen molar-refractivity contribution in [2.24, 2.45) is 11.7 Å². The van der Waals surface area contributed by atoms with Gasteiger partial charge in [0.2, 0.25) is 0 Å². The largest absolute Gasteiger partial charge is 0.480 e. The minimum Gasteiger partial charge on any atom is -0.480 e. The summed E-state index contributed by atoms with van der Waals surface area (Å²) in [5.74, 6) is -2.80. The lowest BCUT2D eigenvalue weighted by atomic mass is 9.86. The lowest BCUT2D eigenvalue weighted by Gasteiger charge is -2.26. The van der Waals surface area contributed by atoms with Crippen LogP contribution < -0.4 is 5.73 Å². The number of allylic oxidation sites excluding steroid dienone is 2. The molecule has 1 aliphatic carbocycles. The van der Waals surface area contributed by atoms with Gasteiger partial charge >= 0.3 is 5.97 Å². The van der Waals surface area contributed by atoms with Crippen molar-refractivity contribution in [1.29, 1.82) is 0 Å². The molecular formula is C14H11NO3S. The lowest BCUT2D eigenvalue weighted by Crippen LogP contribution is -2.34. The van der Waals surface area contributed by atoms with E-state index in [0.717, 1.165) is 15.4 Å². The summed E-state index contributed by atoms with van der Waals surface area (Å²) < 4.78 is 0. The number of thioether (sulfide) groups is 1. The Hall–Kier alpha value is -2.01. The minimum atomic E-state index is -1.23. The molecule has 0 aromatic heterocycles. The quantitative estimate of drug-likeness (QED) is 0.761. The average Bonchev–Trinajstić information content (AvgIpc) is 2.36. The zero-order valence-corrected chi connectivity index (χ0v) is 10.7. The summed E-state index contributed by atoms with van der Waals surface area (Å²) in [6.07, 6.45) is 2.10. The van der Waals surface area contributed by atoms with Crippen molar-refractivity contribution in [1.82, 2.24) is 0 Å². The second-order valence-electron chi connectivity index (χ2n) is 4.51. The smallest absolute Gasteiger partial charge is 0.320 e. The molecule has 4 nitrogen and oxygen atoms in total. The number of ketones is 1. The highest BCUT2D eigenvalue weighted by molar-refractivity contribution is 8.03. The number of aliphatic carboxylic acids is 1. The number of carboxylic acid groups (broad SMARTS) is 1. The van der Waals surface area contributed by atoms with Gasteiger partial charge in [0, 0.05) is 27.5 Å². The number of rotatable bonds is 1. The zero-order valence-electron chi connectivity index (χ0n) is 9.92. The van der Waals surface area contributed by atoms with Gasteiger partial charge in [-0.2, -0.15) is 0 Å². The van der Waals surface area contributed by atoms with E-state index in [0.29, 0.717) is 12.0 Å². The number of fused-ring (bicyclic) bond motifs is 1. The number of Topliss-reactive ketones (excluding diaryl/α,β-unsaturated/α-hetero) is 1. The van der Waals surface area contributed by atoms with Crippen molar-refractivity contribution in [3.8, 4) is 0 Å². The van der Waals surface area contributed by atoms with Crippen molar-refractivity contribution < 1.29 is 14.7 Å². The summed E-state index contributed by atoms with van der Waals surface area (Å²) in [5.41, 5.74) is 7.44. The summed E-state index contributed by atoms with van der Waals surface area (Å²) in [7, 11) is 0. The maximum absolute atomic E-state index is 12.2. The summed E-state index contributed by atoms with van der Waals surface area (Å²) in [6, 6.07) is 7.80. The van der Waals surface area contributed by atoms with Crippen LogP contribution in [0, 0.1) is 5.92 Å². The van der Waals surface area contributed by atoms with Gasteiger partial charge in [0.15, 0.2) is 11.7 Å². The molecular weight excluding hydrogens is 262 g/mol. The molecule has 1 unspecified atom stereocenters. The highest BCUT2D eigenvalue weighted by Gasteiger charge is 2.37. The first-order valence-corrected chi connectivity index (χ1v) is 6.62. The zero-order chi connectivity index (χ0) is 13.6. The first-order valence-electron chi connectivity index (χ1n) is 5.81. The van der Waals surface area contributed by atoms with Crippen LogP contribution in [0.2, 0.25) is 0 Å². The SMILES string of the molecule is NC1=CC2=C(Cc3ccccc3S2)C(=O)C1C(=O)O. The molecule has 1 aromatic carbocycles. The molecule has 96 valence electrons. The molecule has 19 heavy (non-hydrogen) atoms. The van der Waals surface area contributed by atoms with Gasteiger partial charge in [0.05, 0.1) is 0 Å². The van der Waals surface area contributed by atoms with Crippen molar-refractivity contribution in [3.05, 3.63) is 52.1 Å². The minimum absolute atomic E-state index is 0.114. The van der Waals surface area contributed by atoms with Crippen LogP contribution in [0.3, 0.4) is 0 Å². The molecule has 1 atom stereocenters. The molecule has 0 radical (unpaired) electrons.